The summed E-state index contributed by atoms with van der Waals surface area (Å²) in [5.41, 5.74) is 0.226. The fraction of sp³-hybridized carbons (Fsp3) is 0.833. The fourth-order valence-corrected chi connectivity index (χ4v) is 1.47. The van der Waals surface area contributed by atoms with Crippen LogP contribution >= 0.6 is 0 Å². The van der Waals surface area contributed by atoms with E-state index >= 15 is 0 Å². The van der Waals surface area contributed by atoms with Crippen molar-refractivity contribution in [3.05, 3.63) is 0 Å². The van der Waals surface area contributed by atoms with E-state index in [-0.39, 0.29) is 17.9 Å². The Morgan fingerprint density at radius 3 is 2.19 bits per heavy atom. The van der Waals surface area contributed by atoms with Gasteiger partial charge in [-0.15, -0.1) is 0 Å². The number of carbonyl (C=O) groups is 2. The highest BCUT2D eigenvalue weighted by molar-refractivity contribution is 5.81. The van der Waals surface area contributed by atoms with E-state index in [1.165, 1.54) is 4.90 Å². The van der Waals surface area contributed by atoms with Crippen molar-refractivity contribution in [3.63, 3.8) is 0 Å². The SMILES string of the molecule is CCN(CC(=O)O)C(=O)CCCC(C)(C)C. The largest absolute Gasteiger partial charge is 0.480 e. The molecule has 1 N–H and O–H groups in total. The zero-order chi connectivity index (χ0) is 12.8. The van der Waals surface area contributed by atoms with Crippen LogP contribution in [0.25, 0.3) is 0 Å². The van der Waals surface area contributed by atoms with Crippen molar-refractivity contribution in [1.82, 2.24) is 4.90 Å². The van der Waals surface area contributed by atoms with Crippen LogP contribution in [0.3, 0.4) is 0 Å². The molecule has 0 unspecified atom stereocenters. The third-order valence-electron chi connectivity index (χ3n) is 2.38. The quantitative estimate of drug-likeness (QED) is 0.759. The minimum absolute atomic E-state index is 0.0610. The van der Waals surface area contributed by atoms with E-state index in [0.717, 1.165) is 12.8 Å². The molecular formula is C12H23NO3. The lowest BCUT2D eigenvalue weighted by molar-refractivity contribution is -0.144. The molecule has 0 heterocycles. The monoisotopic (exact) mass is 229 g/mol. The van der Waals surface area contributed by atoms with Crippen molar-refractivity contribution >= 4 is 11.9 Å². The van der Waals surface area contributed by atoms with Crippen LogP contribution in [0.5, 0.6) is 0 Å². The first kappa shape index (κ1) is 14.9. The molecule has 0 spiro atoms. The molecule has 0 bridgehead atoms. The van der Waals surface area contributed by atoms with Crippen molar-refractivity contribution in [1.29, 1.82) is 0 Å². The van der Waals surface area contributed by atoms with Gasteiger partial charge >= 0.3 is 5.97 Å². The summed E-state index contributed by atoms with van der Waals surface area (Å²) in [5.74, 6) is -1.01. The number of hydrogen-bond acceptors (Lipinski definition) is 2. The van der Waals surface area contributed by atoms with Gasteiger partial charge in [-0.05, 0) is 25.2 Å². The van der Waals surface area contributed by atoms with Gasteiger partial charge in [0.05, 0.1) is 0 Å². The minimum Gasteiger partial charge on any atom is -0.480 e. The van der Waals surface area contributed by atoms with Gasteiger partial charge in [-0.1, -0.05) is 20.8 Å². The fourth-order valence-electron chi connectivity index (χ4n) is 1.47. The van der Waals surface area contributed by atoms with Crippen LogP contribution in [0.1, 0.15) is 47.0 Å². The average Bonchev–Trinajstić information content (AvgIpc) is 2.11. The van der Waals surface area contributed by atoms with Gasteiger partial charge in [0.25, 0.3) is 0 Å². The summed E-state index contributed by atoms with van der Waals surface area (Å²) in [6, 6.07) is 0. The molecule has 0 saturated carbocycles. The minimum atomic E-state index is -0.953. The number of carbonyl (C=O) groups excluding carboxylic acids is 1. The Kier molecular flexibility index (Phi) is 6.08. The number of rotatable bonds is 6. The molecule has 0 aromatic rings. The normalized spacial score (nSPS) is 11.2. The predicted molar refractivity (Wildman–Crippen MR) is 63.2 cm³/mol. The second kappa shape index (κ2) is 6.51. The maximum Gasteiger partial charge on any atom is 0.323 e. The van der Waals surface area contributed by atoms with Crippen molar-refractivity contribution in [2.75, 3.05) is 13.1 Å². The van der Waals surface area contributed by atoms with Crippen LogP contribution in [0.15, 0.2) is 0 Å². The highest BCUT2D eigenvalue weighted by Gasteiger charge is 2.16. The summed E-state index contributed by atoms with van der Waals surface area (Å²) in [7, 11) is 0. The van der Waals surface area contributed by atoms with E-state index in [9.17, 15) is 9.59 Å². The molecule has 0 aliphatic rings. The Morgan fingerprint density at radius 1 is 1.25 bits per heavy atom. The van der Waals surface area contributed by atoms with Crippen LogP contribution < -0.4 is 0 Å². The highest BCUT2D eigenvalue weighted by Crippen LogP contribution is 2.21. The third-order valence-corrected chi connectivity index (χ3v) is 2.38. The van der Waals surface area contributed by atoms with Crippen molar-refractivity contribution in [2.45, 2.75) is 47.0 Å². The van der Waals surface area contributed by atoms with Crippen LogP contribution in [0.4, 0.5) is 0 Å². The van der Waals surface area contributed by atoms with E-state index in [1.807, 2.05) is 0 Å². The molecule has 4 nitrogen and oxygen atoms in total. The Labute approximate surface area is 97.6 Å². The first-order valence-electron chi connectivity index (χ1n) is 5.76. The number of carboxylic acid groups (broad SMARTS) is 1. The molecule has 0 aliphatic heterocycles. The lowest BCUT2D eigenvalue weighted by Crippen LogP contribution is -2.35. The van der Waals surface area contributed by atoms with E-state index in [2.05, 4.69) is 20.8 Å². The summed E-state index contributed by atoms with van der Waals surface area (Å²) < 4.78 is 0. The molecule has 16 heavy (non-hydrogen) atoms. The van der Waals surface area contributed by atoms with Gasteiger partial charge in [0.1, 0.15) is 6.54 Å². The van der Waals surface area contributed by atoms with Crippen molar-refractivity contribution < 1.29 is 14.7 Å². The van der Waals surface area contributed by atoms with E-state index in [1.54, 1.807) is 6.92 Å². The Bertz CT molecular complexity index is 243. The summed E-state index contributed by atoms with van der Waals surface area (Å²) in [5, 5.41) is 8.62. The highest BCUT2D eigenvalue weighted by atomic mass is 16.4. The van der Waals surface area contributed by atoms with Gasteiger partial charge in [0, 0.05) is 13.0 Å². The molecule has 0 aromatic heterocycles. The number of amides is 1. The van der Waals surface area contributed by atoms with Crippen molar-refractivity contribution in [2.24, 2.45) is 5.41 Å². The average molecular weight is 229 g/mol. The second-order valence-corrected chi connectivity index (χ2v) is 5.22. The van der Waals surface area contributed by atoms with E-state index in [4.69, 9.17) is 5.11 Å². The van der Waals surface area contributed by atoms with Crippen molar-refractivity contribution in [3.8, 4) is 0 Å². The summed E-state index contributed by atoms with van der Waals surface area (Å²) >= 11 is 0. The summed E-state index contributed by atoms with van der Waals surface area (Å²) in [6.07, 6.45) is 2.24. The number of hydrogen-bond donors (Lipinski definition) is 1. The molecule has 0 radical (unpaired) electrons. The Balaban J connectivity index is 3.98. The molecule has 0 saturated heterocycles. The molecule has 0 atom stereocenters. The molecule has 94 valence electrons. The third kappa shape index (κ3) is 7.26. The predicted octanol–water partition coefficient (Wildman–Crippen LogP) is 2.14. The number of aliphatic carboxylic acids is 1. The van der Waals surface area contributed by atoms with Gasteiger partial charge in [-0.3, -0.25) is 9.59 Å². The Morgan fingerprint density at radius 2 is 1.81 bits per heavy atom. The standard InChI is InChI=1S/C12H23NO3/c1-5-13(9-11(15)16)10(14)7-6-8-12(2,3)4/h5-9H2,1-4H3,(H,15,16). The molecule has 0 aliphatic carbocycles. The zero-order valence-electron chi connectivity index (χ0n) is 10.7. The molecule has 1 amide bonds. The van der Waals surface area contributed by atoms with E-state index < -0.39 is 5.97 Å². The second-order valence-electron chi connectivity index (χ2n) is 5.22. The first-order chi connectivity index (χ1) is 7.26. The molecule has 4 heteroatoms. The summed E-state index contributed by atoms with van der Waals surface area (Å²) in [4.78, 5) is 23.6. The topological polar surface area (TPSA) is 57.6 Å². The van der Waals surface area contributed by atoms with Crippen LogP contribution in [0, 0.1) is 5.41 Å². The van der Waals surface area contributed by atoms with Gasteiger partial charge in [0.15, 0.2) is 0 Å². The van der Waals surface area contributed by atoms with Gasteiger partial charge in [0.2, 0.25) is 5.91 Å². The Hall–Kier alpha value is -1.06. The zero-order valence-corrected chi connectivity index (χ0v) is 10.7. The smallest absolute Gasteiger partial charge is 0.323 e. The molecular weight excluding hydrogens is 206 g/mol. The number of likely N-dealkylation sites (N-methyl/N-ethyl adjacent to an activating group) is 1. The van der Waals surface area contributed by atoms with Gasteiger partial charge < -0.3 is 10.0 Å². The summed E-state index contributed by atoms with van der Waals surface area (Å²) in [6.45, 7) is 8.46. The lowest BCUT2D eigenvalue weighted by Gasteiger charge is -2.21. The number of nitrogens with zero attached hydrogens (tertiary/aromatic N) is 1. The molecule has 0 aromatic carbocycles. The first-order valence-corrected chi connectivity index (χ1v) is 5.76. The van der Waals surface area contributed by atoms with Crippen LogP contribution in [-0.4, -0.2) is 35.0 Å². The van der Waals surface area contributed by atoms with Crippen LogP contribution in [-0.2, 0) is 9.59 Å². The van der Waals surface area contributed by atoms with Gasteiger partial charge in [-0.25, -0.2) is 0 Å². The molecule has 0 fully saturated rings. The number of carboxylic acids is 1. The maximum atomic E-state index is 11.7. The van der Waals surface area contributed by atoms with Gasteiger partial charge in [-0.2, -0.15) is 0 Å². The van der Waals surface area contributed by atoms with Crippen LogP contribution in [0.2, 0.25) is 0 Å². The molecule has 0 rings (SSSR count). The van der Waals surface area contributed by atoms with E-state index in [0.29, 0.717) is 13.0 Å². The maximum absolute atomic E-state index is 11.7. The lowest BCUT2D eigenvalue weighted by atomic mass is 9.90.